The molecule has 1 aromatic rings. The van der Waals surface area contributed by atoms with Gasteiger partial charge in [0, 0.05) is 0 Å². The maximum atomic E-state index is 6.09. The van der Waals surface area contributed by atoms with Crippen LogP contribution in [0.25, 0.3) is 0 Å². The summed E-state index contributed by atoms with van der Waals surface area (Å²) in [6.45, 7) is 0. The lowest BCUT2D eigenvalue weighted by atomic mass is 10.2. The summed E-state index contributed by atoms with van der Waals surface area (Å²) in [5, 5.41) is 1.08. The Morgan fingerprint density at radius 3 is 2.23 bits per heavy atom. The lowest BCUT2D eigenvalue weighted by Gasteiger charge is -2.17. The van der Waals surface area contributed by atoms with Crippen molar-refractivity contribution in [2.75, 3.05) is 14.1 Å². The van der Waals surface area contributed by atoms with Crippen LogP contribution in [0.15, 0.2) is 18.2 Å². The van der Waals surface area contributed by atoms with E-state index in [-0.39, 0.29) is 5.50 Å². The molecular weight excluding hydrogens is 228 g/mol. The van der Waals surface area contributed by atoms with E-state index in [0.29, 0.717) is 10.0 Å². The van der Waals surface area contributed by atoms with Crippen LogP contribution >= 0.6 is 34.8 Å². The van der Waals surface area contributed by atoms with Crippen molar-refractivity contribution in [3.05, 3.63) is 33.8 Å². The van der Waals surface area contributed by atoms with Crippen molar-refractivity contribution in [1.29, 1.82) is 0 Å². The molecule has 0 aromatic heterocycles. The maximum absolute atomic E-state index is 6.09. The van der Waals surface area contributed by atoms with E-state index in [9.17, 15) is 0 Å². The molecule has 1 nitrogen and oxygen atoms in total. The smallest absolute Gasteiger partial charge is 0.110 e. The SMILES string of the molecule is CN(C)C(Cl)c1ccc(Cl)c(Cl)c1. The average molecular weight is 239 g/mol. The zero-order valence-corrected chi connectivity index (χ0v) is 9.66. The molecule has 0 fully saturated rings. The highest BCUT2D eigenvalue weighted by Crippen LogP contribution is 2.29. The second-order valence-electron chi connectivity index (χ2n) is 2.97. The van der Waals surface area contributed by atoms with E-state index in [0.717, 1.165) is 5.56 Å². The highest BCUT2D eigenvalue weighted by Gasteiger charge is 2.11. The third-order valence-electron chi connectivity index (χ3n) is 1.67. The Morgan fingerprint density at radius 1 is 1.15 bits per heavy atom. The van der Waals surface area contributed by atoms with Gasteiger partial charge in [-0.15, -0.1) is 11.6 Å². The van der Waals surface area contributed by atoms with Gasteiger partial charge in [-0.1, -0.05) is 29.3 Å². The third-order valence-corrected chi connectivity index (χ3v) is 3.05. The summed E-state index contributed by atoms with van der Waals surface area (Å²) in [6.07, 6.45) is 0. The lowest BCUT2D eigenvalue weighted by molar-refractivity contribution is 0.384. The van der Waals surface area contributed by atoms with Gasteiger partial charge in [-0.05, 0) is 31.8 Å². The van der Waals surface area contributed by atoms with Gasteiger partial charge in [0.25, 0.3) is 0 Å². The molecule has 0 aliphatic heterocycles. The Kier molecular flexibility index (Phi) is 3.87. The van der Waals surface area contributed by atoms with Gasteiger partial charge in [0.15, 0.2) is 0 Å². The van der Waals surface area contributed by atoms with Crippen LogP contribution in [-0.4, -0.2) is 19.0 Å². The van der Waals surface area contributed by atoms with Crippen molar-refractivity contribution in [1.82, 2.24) is 4.90 Å². The highest BCUT2D eigenvalue weighted by atomic mass is 35.5. The molecule has 0 aliphatic rings. The summed E-state index contributed by atoms with van der Waals surface area (Å²) >= 11 is 17.7. The first-order valence-electron chi connectivity index (χ1n) is 3.78. The van der Waals surface area contributed by atoms with Crippen molar-refractivity contribution in [2.45, 2.75) is 5.50 Å². The number of halogens is 3. The Bertz CT molecular complexity index is 299. The fraction of sp³-hybridized carbons (Fsp3) is 0.333. The molecule has 0 bridgehead atoms. The molecule has 0 radical (unpaired) electrons. The first kappa shape index (κ1) is 11.1. The Morgan fingerprint density at radius 2 is 1.77 bits per heavy atom. The summed E-state index contributed by atoms with van der Waals surface area (Å²) < 4.78 is 0. The molecule has 4 heteroatoms. The van der Waals surface area contributed by atoms with Crippen LogP contribution in [0.1, 0.15) is 11.1 Å². The fourth-order valence-corrected chi connectivity index (χ4v) is 1.40. The monoisotopic (exact) mass is 237 g/mol. The molecule has 13 heavy (non-hydrogen) atoms. The first-order valence-corrected chi connectivity index (χ1v) is 4.97. The second kappa shape index (κ2) is 4.52. The zero-order chi connectivity index (χ0) is 10.0. The standard InChI is InChI=1S/C9H10Cl3N/c1-13(2)9(12)6-3-4-7(10)8(11)5-6/h3-5,9H,1-2H3. The first-order chi connectivity index (χ1) is 6.02. The molecule has 1 aromatic carbocycles. The molecule has 1 atom stereocenters. The number of rotatable bonds is 2. The summed E-state index contributed by atoms with van der Waals surface area (Å²) in [7, 11) is 3.81. The van der Waals surface area contributed by atoms with Crippen LogP contribution in [-0.2, 0) is 0 Å². The molecule has 0 amide bonds. The van der Waals surface area contributed by atoms with Crippen LogP contribution in [0, 0.1) is 0 Å². The van der Waals surface area contributed by atoms with E-state index in [2.05, 4.69) is 0 Å². The van der Waals surface area contributed by atoms with Gasteiger partial charge < -0.3 is 0 Å². The number of nitrogens with zero attached hydrogens (tertiary/aromatic N) is 1. The zero-order valence-electron chi connectivity index (χ0n) is 7.39. The lowest BCUT2D eigenvalue weighted by Crippen LogP contribution is -2.14. The van der Waals surface area contributed by atoms with Crippen molar-refractivity contribution in [3.8, 4) is 0 Å². The van der Waals surface area contributed by atoms with Crippen molar-refractivity contribution >= 4 is 34.8 Å². The van der Waals surface area contributed by atoms with Crippen LogP contribution in [0.2, 0.25) is 10.0 Å². The van der Waals surface area contributed by atoms with Gasteiger partial charge in [0.05, 0.1) is 10.0 Å². The number of hydrogen-bond acceptors (Lipinski definition) is 1. The number of benzene rings is 1. The number of hydrogen-bond donors (Lipinski definition) is 0. The van der Waals surface area contributed by atoms with Gasteiger partial charge in [0.1, 0.15) is 5.50 Å². The summed E-state index contributed by atoms with van der Waals surface area (Å²) in [5.41, 5.74) is 0.774. The van der Waals surface area contributed by atoms with E-state index in [4.69, 9.17) is 34.8 Å². The molecular formula is C9H10Cl3N. The molecule has 0 aliphatic carbocycles. The molecule has 0 heterocycles. The molecule has 1 unspecified atom stereocenters. The average Bonchev–Trinajstić information content (AvgIpc) is 2.08. The quantitative estimate of drug-likeness (QED) is 0.560. The van der Waals surface area contributed by atoms with Crippen molar-refractivity contribution < 1.29 is 0 Å². The second-order valence-corrected chi connectivity index (χ2v) is 4.20. The largest absolute Gasteiger partial charge is 0.290 e. The van der Waals surface area contributed by atoms with Crippen molar-refractivity contribution in [2.24, 2.45) is 0 Å². The van der Waals surface area contributed by atoms with Crippen LogP contribution in [0.5, 0.6) is 0 Å². The normalized spacial score (nSPS) is 13.4. The van der Waals surface area contributed by atoms with Crippen molar-refractivity contribution in [3.63, 3.8) is 0 Å². The minimum absolute atomic E-state index is 0.172. The highest BCUT2D eigenvalue weighted by molar-refractivity contribution is 6.42. The third kappa shape index (κ3) is 2.75. The Balaban J connectivity index is 2.97. The minimum Gasteiger partial charge on any atom is -0.290 e. The molecule has 1 rings (SSSR count). The van der Waals surface area contributed by atoms with E-state index < -0.39 is 0 Å². The summed E-state index contributed by atoms with van der Waals surface area (Å²) in [5.74, 6) is 0. The van der Waals surface area contributed by atoms with Gasteiger partial charge in [-0.25, -0.2) is 0 Å². The summed E-state index contributed by atoms with van der Waals surface area (Å²) in [6, 6.07) is 5.39. The van der Waals surface area contributed by atoms with E-state index in [1.807, 2.05) is 25.1 Å². The predicted molar refractivity (Wildman–Crippen MR) is 58.7 cm³/mol. The van der Waals surface area contributed by atoms with Crippen LogP contribution in [0.3, 0.4) is 0 Å². The Hall–Kier alpha value is 0.0500. The Labute approximate surface area is 93.2 Å². The van der Waals surface area contributed by atoms with Gasteiger partial charge in [0.2, 0.25) is 0 Å². The van der Waals surface area contributed by atoms with Gasteiger partial charge in [-0.2, -0.15) is 0 Å². The molecule has 0 saturated carbocycles. The molecule has 0 spiro atoms. The van der Waals surface area contributed by atoms with E-state index in [1.165, 1.54) is 0 Å². The fourth-order valence-electron chi connectivity index (χ4n) is 0.959. The van der Waals surface area contributed by atoms with E-state index in [1.54, 1.807) is 12.1 Å². The predicted octanol–water partition coefficient (Wildman–Crippen LogP) is 3.79. The van der Waals surface area contributed by atoms with Crippen LogP contribution in [0.4, 0.5) is 0 Å². The van der Waals surface area contributed by atoms with E-state index >= 15 is 0 Å². The topological polar surface area (TPSA) is 3.24 Å². The molecule has 72 valence electrons. The molecule has 0 saturated heterocycles. The maximum Gasteiger partial charge on any atom is 0.110 e. The summed E-state index contributed by atoms with van der Waals surface area (Å²) in [4.78, 5) is 1.89. The molecule has 0 N–H and O–H groups in total. The number of alkyl halides is 1. The van der Waals surface area contributed by atoms with Gasteiger partial charge in [-0.3, -0.25) is 4.90 Å². The minimum atomic E-state index is -0.172. The van der Waals surface area contributed by atoms with Crippen LogP contribution < -0.4 is 0 Å². The van der Waals surface area contributed by atoms with Gasteiger partial charge >= 0.3 is 0 Å².